The second kappa shape index (κ2) is 3.93. The number of benzene rings is 1. The lowest BCUT2D eigenvalue weighted by Crippen LogP contribution is -2.16. The fraction of sp³-hybridized carbons (Fsp3) is 0.333. The van der Waals surface area contributed by atoms with Crippen molar-refractivity contribution in [2.75, 3.05) is 0 Å². The molecule has 0 atom stereocenters. The Bertz CT molecular complexity index is 342. The quantitative estimate of drug-likeness (QED) is 0.771. The van der Waals surface area contributed by atoms with Crippen molar-refractivity contribution in [3.05, 3.63) is 41.7 Å². The van der Waals surface area contributed by atoms with Gasteiger partial charge in [0.25, 0.3) is 0 Å². The number of hydrogen-bond donors (Lipinski definition) is 1. The molecular weight excluding hydrogens is 177 g/mol. The summed E-state index contributed by atoms with van der Waals surface area (Å²) in [5.74, 6) is -0.135. The lowest BCUT2D eigenvalue weighted by Gasteiger charge is -2.05. The molecule has 1 fully saturated rings. The van der Waals surface area contributed by atoms with Crippen molar-refractivity contribution >= 4 is 6.08 Å². The third kappa shape index (κ3) is 2.20. The Morgan fingerprint density at radius 3 is 2.93 bits per heavy atom. The predicted octanol–water partition coefficient (Wildman–Crippen LogP) is 2.72. The first kappa shape index (κ1) is 9.41. The summed E-state index contributed by atoms with van der Waals surface area (Å²) >= 11 is 0. The van der Waals surface area contributed by atoms with E-state index >= 15 is 0 Å². The van der Waals surface area contributed by atoms with Crippen molar-refractivity contribution in [1.29, 1.82) is 0 Å². The molecule has 1 aromatic rings. The normalized spacial score (nSPS) is 15.5. The van der Waals surface area contributed by atoms with E-state index in [1.54, 1.807) is 12.1 Å². The van der Waals surface area contributed by atoms with Crippen LogP contribution in [0.3, 0.4) is 0 Å². The maximum atomic E-state index is 13.3. The van der Waals surface area contributed by atoms with E-state index in [9.17, 15) is 4.39 Å². The van der Waals surface area contributed by atoms with Crippen LogP contribution in [0.15, 0.2) is 24.8 Å². The summed E-state index contributed by atoms with van der Waals surface area (Å²) in [5.41, 5.74) is 1.70. The Morgan fingerprint density at radius 1 is 1.50 bits per heavy atom. The van der Waals surface area contributed by atoms with Crippen LogP contribution >= 0.6 is 0 Å². The van der Waals surface area contributed by atoms with E-state index in [4.69, 9.17) is 0 Å². The molecule has 2 rings (SSSR count). The maximum absolute atomic E-state index is 13.3. The SMILES string of the molecule is C=Cc1ccc(F)c(CNC2CC2)c1. The van der Waals surface area contributed by atoms with E-state index < -0.39 is 0 Å². The summed E-state index contributed by atoms with van der Waals surface area (Å²) in [4.78, 5) is 0. The minimum Gasteiger partial charge on any atom is -0.310 e. The Balaban J connectivity index is 2.08. The van der Waals surface area contributed by atoms with Gasteiger partial charge in [0.1, 0.15) is 5.82 Å². The summed E-state index contributed by atoms with van der Waals surface area (Å²) in [6.07, 6.45) is 4.19. The van der Waals surface area contributed by atoms with E-state index in [0.29, 0.717) is 12.6 Å². The Morgan fingerprint density at radius 2 is 2.29 bits per heavy atom. The van der Waals surface area contributed by atoms with E-state index in [0.717, 1.165) is 11.1 Å². The molecule has 1 saturated carbocycles. The smallest absolute Gasteiger partial charge is 0.127 e. The number of nitrogens with one attached hydrogen (secondary N) is 1. The topological polar surface area (TPSA) is 12.0 Å². The molecule has 0 spiro atoms. The van der Waals surface area contributed by atoms with Crippen LogP contribution in [0.5, 0.6) is 0 Å². The van der Waals surface area contributed by atoms with E-state index in [-0.39, 0.29) is 5.82 Å². The summed E-state index contributed by atoms with van der Waals surface area (Å²) in [6.45, 7) is 4.29. The molecule has 0 heterocycles. The van der Waals surface area contributed by atoms with Crippen molar-refractivity contribution in [2.24, 2.45) is 0 Å². The summed E-state index contributed by atoms with van der Waals surface area (Å²) in [7, 11) is 0. The van der Waals surface area contributed by atoms with Crippen LogP contribution in [-0.2, 0) is 6.54 Å². The molecule has 0 saturated heterocycles. The fourth-order valence-corrected chi connectivity index (χ4v) is 1.40. The monoisotopic (exact) mass is 191 g/mol. The van der Waals surface area contributed by atoms with Gasteiger partial charge in [-0.1, -0.05) is 18.7 Å². The minimum absolute atomic E-state index is 0.135. The molecule has 1 aliphatic rings. The molecule has 0 amide bonds. The highest BCUT2D eigenvalue weighted by Crippen LogP contribution is 2.20. The van der Waals surface area contributed by atoms with Gasteiger partial charge in [0.05, 0.1) is 0 Å². The molecule has 1 nitrogen and oxygen atoms in total. The standard InChI is InChI=1S/C12H14FN/c1-2-9-3-6-12(13)10(7-9)8-14-11-4-5-11/h2-3,6-7,11,14H,1,4-5,8H2. The first-order valence-corrected chi connectivity index (χ1v) is 4.94. The van der Waals surface area contributed by atoms with Gasteiger partial charge in [-0.15, -0.1) is 0 Å². The van der Waals surface area contributed by atoms with Gasteiger partial charge in [-0.25, -0.2) is 4.39 Å². The van der Waals surface area contributed by atoms with Gasteiger partial charge in [0.2, 0.25) is 0 Å². The Hall–Kier alpha value is -1.15. The van der Waals surface area contributed by atoms with Crippen LogP contribution in [0.2, 0.25) is 0 Å². The molecule has 0 radical (unpaired) electrons. The van der Waals surface area contributed by atoms with Crippen LogP contribution in [0.25, 0.3) is 6.08 Å². The highest BCUT2D eigenvalue weighted by Gasteiger charge is 2.20. The van der Waals surface area contributed by atoms with Gasteiger partial charge >= 0.3 is 0 Å². The van der Waals surface area contributed by atoms with Crippen molar-refractivity contribution in [2.45, 2.75) is 25.4 Å². The largest absolute Gasteiger partial charge is 0.310 e. The van der Waals surface area contributed by atoms with Gasteiger partial charge in [-0.3, -0.25) is 0 Å². The van der Waals surface area contributed by atoms with Crippen molar-refractivity contribution in [3.63, 3.8) is 0 Å². The van der Waals surface area contributed by atoms with Crippen LogP contribution < -0.4 is 5.32 Å². The third-order valence-corrected chi connectivity index (χ3v) is 2.46. The third-order valence-electron chi connectivity index (χ3n) is 2.46. The molecular formula is C12H14FN. The van der Waals surface area contributed by atoms with E-state index in [2.05, 4.69) is 11.9 Å². The number of halogens is 1. The van der Waals surface area contributed by atoms with Crippen LogP contribution in [-0.4, -0.2) is 6.04 Å². The van der Waals surface area contributed by atoms with E-state index in [1.807, 2.05) is 6.07 Å². The lowest BCUT2D eigenvalue weighted by atomic mass is 10.1. The molecule has 0 unspecified atom stereocenters. The zero-order valence-corrected chi connectivity index (χ0v) is 8.09. The van der Waals surface area contributed by atoms with Gasteiger partial charge in [-0.05, 0) is 30.5 Å². The summed E-state index contributed by atoms with van der Waals surface area (Å²) in [6, 6.07) is 5.70. The Labute approximate surface area is 83.6 Å². The lowest BCUT2D eigenvalue weighted by molar-refractivity contribution is 0.587. The molecule has 14 heavy (non-hydrogen) atoms. The van der Waals surface area contributed by atoms with Crippen LogP contribution in [0.1, 0.15) is 24.0 Å². The average Bonchev–Trinajstić information content (AvgIpc) is 3.00. The van der Waals surface area contributed by atoms with Gasteiger partial charge in [0, 0.05) is 18.2 Å². The van der Waals surface area contributed by atoms with Gasteiger partial charge in [0.15, 0.2) is 0 Å². The second-order valence-corrected chi connectivity index (χ2v) is 3.71. The number of hydrogen-bond acceptors (Lipinski definition) is 1. The molecule has 0 aliphatic heterocycles. The van der Waals surface area contributed by atoms with E-state index in [1.165, 1.54) is 18.9 Å². The van der Waals surface area contributed by atoms with Crippen molar-refractivity contribution in [3.8, 4) is 0 Å². The predicted molar refractivity (Wildman–Crippen MR) is 56.4 cm³/mol. The average molecular weight is 191 g/mol. The van der Waals surface area contributed by atoms with Crippen molar-refractivity contribution in [1.82, 2.24) is 5.32 Å². The fourth-order valence-electron chi connectivity index (χ4n) is 1.40. The van der Waals surface area contributed by atoms with Crippen LogP contribution in [0, 0.1) is 5.82 Å². The van der Waals surface area contributed by atoms with Crippen LogP contribution in [0.4, 0.5) is 4.39 Å². The zero-order valence-electron chi connectivity index (χ0n) is 8.09. The summed E-state index contributed by atoms with van der Waals surface area (Å²) in [5, 5.41) is 3.29. The highest BCUT2D eigenvalue weighted by atomic mass is 19.1. The Kier molecular flexibility index (Phi) is 2.64. The van der Waals surface area contributed by atoms with Gasteiger partial charge in [-0.2, -0.15) is 0 Å². The maximum Gasteiger partial charge on any atom is 0.127 e. The molecule has 0 aromatic heterocycles. The molecule has 0 bridgehead atoms. The minimum atomic E-state index is -0.135. The van der Waals surface area contributed by atoms with Gasteiger partial charge < -0.3 is 5.32 Å². The number of rotatable bonds is 4. The molecule has 74 valence electrons. The summed E-state index contributed by atoms with van der Waals surface area (Å²) < 4.78 is 13.3. The first-order valence-electron chi connectivity index (χ1n) is 4.94. The molecule has 1 aromatic carbocycles. The molecule has 1 N–H and O–H groups in total. The molecule has 1 aliphatic carbocycles. The first-order chi connectivity index (χ1) is 6.79. The molecule has 2 heteroatoms. The zero-order chi connectivity index (χ0) is 9.97. The van der Waals surface area contributed by atoms with Crippen molar-refractivity contribution < 1.29 is 4.39 Å². The highest BCUT2D eigenvalue weighted by molar-refractivity contribution is 5.48. The second-order valence-electron chi connectivity index (χ2n) is 3.71.